The van der Waals surface area contributed by atoms with Gasteiger partial charge in [-0.15, -0.1) is 11.3 Å². The van der Waals surface area contributed by atoms with Crippen LogP contribution in [-0.2, 0) is 20.3 Å². The molecule has 8 nitrogen and oxygen atoms in total. The largest absolute Gasteiger partial charge is 0.444 e. The molecule has 2 amide bonds. The van der Waals surface area contributed by atoms with Crippen LogP contribution in [0.4, 0.5) is 4.79 Å². The van der Waals surface area contributed by atoms with Crippen molar-refractivity contribution >= 4 is 33.2 Å². The fourth-order valence-electron chi connectivity index (χ4n) is 6.34. The molecule has 1 aromatic heterocycles. The molecular weight excluding hydrogens is 498 g/mol. The Morgan fingerprint density at radius 2 is 1.72 bits per heavy atom. The summed E-state index contributed by atoms with van der Waals surface area (Å²) in [5.74, 6) is -0.0806. The van der Waals surface area contributed by atoms with E-state index in [4.69, 9.17) is 4.74 Å². The number of ether oxygens (including phenoxy) is 1. The standard InChI is InChI=1S/C26H31N3O5S2/c1-24(2,3)34-23(31)27-25-14-26(15-25,16-25)29-10-8-28(9-11-29)22(30)19-12-17-13-36(32,33)20-7-5-4-6-18(20)21(17)35-19/h4-7,12H,8-11,13-16H2,1-3H3,(H,27,31). The number of piperazine rings is 1. The van der Waals surface area contributed by atoms with Gasteiger partial charge < -0.3 is 15.0 Å². The molecule has 2 aromatic rings. The lowest BCUT2D eigenvalue weighted by molar-refractivity contribution is -0.183. The average molecular weight is 530 g/mol. The highest BCUT2D eigenvalue weighted by atomic mass is 32.2. The van der Waals surface area contributed by atoms with Gasteiger partial charge in [-0.05, 0) is 57.7 Å². The summed E-state index contributed by atoms with van der Waals surface area (Å²) >= 11 is 1.40. The SMILES string of the molecule is CC(C)(C)OC(=O)NC12CC(N3CCN(C(=O)c4cc5c(s4)-c4ccccc4S(=O)(=O)C5)CC3)(C1)C2. The van der Waals surface area contributed by atoms with Gasteiger partial charge in [0.1, 0.15) is 5.60 Å². The molecule has 0 atom stereocenters. The molecule has 1 saturated heterocycles. The number of alkyl carbamates (subject to hydrolysis) is 1. The third-order valence-corrected chi connectivity index (χ3v) is 10.8. The zero-order valence-corrected chi connectivity index (χ0v) is 22.4. The molecular formula is C26H31N3O5S2. The van der Waals surface area contributed by atoms with E-state index in [1.54, 1.807) is 18.2 Å². The van der Waals surface area contributed by atoms with E-state index in [0.29, 0.717) is 28.4 Å². The van der Waals surface area contributed by atoms with E-state index in [-0.39, 0.29) is 28.8 Å². The highest BCUT2D eigenvalue weighted by molar-refractivity contribution is 7.91. The summed E-state index contributed by atoms with van der Waals surface area (Å²) in [4.78, 5) is 31.7. The van der Waals surface area contributed by atoms with Crippen molar-refractivity contribution in [2.24, 2.45) is 0 Å². The molecule has 5 aliphatic rings. The zero-order valence-electron chi connectivity index (χ0n) is 20.8. The molecule has 7 rings (SSSR count). The van der Waals surface area contributed by atoms with Crippen molar-refractivity contribution < 1.29 is 22.7 Å². The van der Waals surface area contributed by atoms with Crippen LogP contribution < -0.4 is 5.32 Å². The van der Waals surface area contributed by atoms with Crippen LogP contribution in [0.1, 0.15) is 55.3 Å². The maximum Gasteiger partial charge on any atom is 0.408 e. The Bertz CT molecular complexity index is 1350. The first-order valence-corrected chi connectivity index (χ1v) is 14.9. The number of hydrogen-bond acceptors (Lipinski definition) is 7. The van der Waals surface area contributed by atoms with E-state index in [2.05, 4.69) is 10.2 Å². The van der Waals surface area contributed by atoms with Crippen LogP contribution >= 0.6 is 11.3 Å². The third-order valence-electron chi connectivity index (χ3n) is 7.84. The van der Waals surface area contributed by atoms with Gasteiger partial charge in [-0.3, -0.25) is 9.69 Å². The van der Waals surface area contributed by atoms with Crippen molar-refractivity contribution in [1.82, 2.24) is 15.1 Å². The summed E-state index contributed by atoms with van der Waals surface area (Å²) < 4.78 is 30.8. The molecule has 3 aliphatic carbocycles. The first-order valence-electron chi connectivity index (χ1n) is 12.4. The maximum atomic E-state index is 13.3. The van der Waals surface area contributed by atoms with E-state index >= 15 is 0 Å². The molecule has 2 bridgehead atoms. The molecule has 3 saturated carbocycles. The normalized spacial score (nSPS) is 28.2. The predicted molar refractivity (Wildman–Crippen MR) is 137 cm³/mol. The Morgan fingerprint density at radius 1 is 1.06 bits per heavy atom. The molecule has 192 valence electrons. The number of fused-ring (bicyclic) bond motifs is 3. The fourth-order valence-corrected chi connectivity index (χ4v) is 9.27. The van der Waals surface area contributed by atoms with Gasteiger partial charge in [-0.25, -0.2) is 13.2 Å². The van der Waals surface area contributed by atoms with Crippen molar-refractivity contribution in [2.45, 2.75) is 67.4 Å². The number of carbonyl (C=O) groups is 2. The molecule has 4 fully saturated rings. The molecule has 0 radical (unpaired) electrons. The van der Waals surface area contributed by atoms with E-state index in [1.165, 1.54) is 11.3 Å². The Morgan fingerprint density at radius 3 is 2.39 bits per heavy atom. The van der Waals surface area contributed by atoms with Crippen molar-refractivity contribution in [3.8, 4) is 10.4 Å². The second kappa shape index (κ2) is 7.79. The summed E-state index contributed by atoms with van der Waals surface area (Å²) in [6.45, 7) is 8.48. The molecule has 36 heavy (non-hydrogen) atoms. The average Bonchev–Trinajstić information content (AvgIpc) is 3.17. The van der Waals surface area contributed by atoms with Gasteiger partial charge in [-0.1, -0.05) is 18.2 Å². The van der Waals surface area contributed by atoms with Crippen molar-refractivity contribution in [3.05, 3.63) is 40.8 Å². The molecule has 0 unspecified atom stereocenters. The van der Waals surface area contributed by atoms with Gasteiger partial charge in [0.15, 0.2) is 9.84 Å². The van der Waals surface area contributed by atoms with E-state index in [1.807, 2.05) is 37.8 Å². The maximum absolute atomic E-state index is 13.3. The molecule has 2 aliphatic heterocycles. The van der Waals surface area contributed by atoms with Gasteiger partial charge in [0.05, 0.1) is 15.5 Å². The van der Waals surface area contributed by atoms with Crippen LogP contribution in [0.25, 0.3) is 10.4 Å². The summed E-state index contributed by atoms with van der Waals surface area (Å²) in [6, 6.07) is 8.81. The lowest BCUT2D eigenvalue weighted by Gasteiger charge is -2.74. The topological polar surface area (TPSA) is 96.0 Å². The number of hydrogen-bond donors (Lipinski definition) is 1. The van der Waals surface area contributed by atoms with Crippen molar-refractivity contribution in [2.75, 3.05) is 26.2 Å². The number of carbonyl (C=O) groups excluding carboxylic acids is 2. The monoisotopic (exact) mass is 529 g/mol. The number of rotatable bonds is 3. The number of nitrogens with zero attached hydrogens (tertiary/aromatic N) is 2. The number of amides is 2. The zero-order chi connectivity index (χ0) is 25.5. The second-order valence-corrected chi connectivity index (χ2v) is 14.7. The predicted octanol–water partition coefficient (Wildman–Crippen LogP) is 3.66. The summed E-state index contributed by atoms with van der Waals surface area (Å²) in [5.41, 5.74) is 0.905. The minimum Gasteiger partial charge on any atom is -0.444 e. The van der Waals surface area contributed by atoms with Gasteiger partial charge in [-0.2, -0.15) is 0 Å². The Hall–Kier alpha value is -2.43. The Balaban J connectivity index is 1.07. The smallest absolute Gasteiger partial charge is 0.408 e. The van der Waals surface area contributed by atoms with Crippen LogP contribution in [0.5, 0.6) is 0 Å². The molecule has 0 spiro atoms. The van der Waals surface area contributed by atoms with Crippen molar-refractivity contribution in [1.29, 1.82) is 0 Å². The quantitative estimate of drug-likeness (QED) is 0.652. The number of nitrogens with one attached hydrogen (secondary N) is 1. The van der Waals surface area contributed by atoms with Crippen LogP contribution in [0.3, 0.4) is 0 Å². The number of benzene rings is 1. The first kappa shape index (κ1) is 23.9. The highest BCUT2D eigenvalue weighted by Gasteiger charge is 2.71. The van der Waals surface area contributed by atoms with Gasteiger partial charge in [0.25, 0.3) is 5.91 Å². The van der Waals surface area contributed by atoms with Crippen LogP contribution in [0, 0.1) is 0 Å². The minimum atomic E-state index is -3.39. The molecule has 10 heteroatoms. The summed E-state index contributed by atoms with van der Waals surface area (Å²) in [6.07, 6.45) is 2.44. The van der Waals surface area contributed by atoms with Gasteiger partial charge >= 0.3 is 6.09 Å². The van der Waals surface area contributed by atoms with Crippen LogP contribution in [0.2, 0.25) is 0 Å². The van der Waals surface area contributed by atoms with Gasteiger partial charge in [0, 0.05) is 47.7 Å². The number of sulfone groups is 1. The highest BCUT2D eigenvalue weighted by Crippen LogP contribution is 2.63. The van der Waals surface area contributed by atoms with Crippen LogP contribution in [0.15, 0.2) is 35.2 Å². The second-order valence-electron chi connectivity index (χ2n) is 11.7. The molecule has 1 N–H and O–H groups in total. The Kier molecular flexibility index (Phi) is 5.18. The van der Waals surface area contributed by atoms with E-state index in [9.17, 15) is 18.0 Å². The third kappa shape index (κ3) is 3.85. The lowest BCUT2D eigenvalue weighted by Crippen LogP contribution is -2.84. The van der Waals surface area contributed by atoms with Gasteiger partial charge in [0.2, 0.25) is 0 Å². The first-order chi connectivity index (χ1) is 16.9. The summed E-state index contributed by atoms with van der Waals surface area (Å²) in [7, 11) is -3.39. The Labute approximate surface area is 215 Å². The van der Waals surface area contributed by atoms with E-state index in [0.717, 1.165) is 42.8 Å². The molecule has 1 aromatic carbocycles. The number of thiophene rings is 1. The summed E-state index contributed by atoms with van der Waals surface area (Å²) in [5, 5.41) is 3.07. The molecule has 3 heterocycles. The van der Waals surface area contributed by atoms with Crippen molar-refractivity contribution in [3.63, 3.8) is 0 Å². The fraction of sp³-hybridized carbons (Fsp3) is 0.538. The van der Waals surface area contributed by atoms with E-state index < -0.39 is 15.4 Å². The van der Waals surface area contributed by atoms with Crippen LogP contribution in [-0.4, -0.2) is 73.1 Å². The lowest BCUT2D eigenvalue weighted by atomic mass is 9.43. The minimum absolute atomic E-state index is 0.0235.